The summed E-state index contributed by atoms with van der Waals surface area (Å²) >= 11 is 0. The molecule has 0 radical (unpaired) electrons. The van der Waals surface area contributed by atoms with Crippen molar-refractivity contribution in [3.05, 3.63) is 23.8 Å². The van der Waals surface area contributed by atoms with Gasteiger partial charge in [-0.25, -0.2) is 0 Å². The van der Waals surface area contributed by atoms with E-state index in [1.54, 1.807) is 30.2 Å². The van der Waals surface area contributed by atoms with E-state index < -0.39 is 0 Å². The van der Waals surface area contributed by atoms with Gasteiger partial charge in [-0.2, -0.15) is 0 Å². The van der Waals surface area contributed by atoms with Gasteiger partial charge in [-0.15, -0.1) is 0 Å². The van der Waals surface area contributed by atoms with Crippen LogP contribution in [0.1, 0.15) is 37.0 Å². The lowest BCUT2D eigenvalue weighted by Crippen LogP contribution is -2.46. The Balaban J connectivity index is 2.06. The molecule has 3 N–H and O–H groups in total. The van der Waals surface area contributed by atoms with Gasteiger partial charge in [0.15, 0.2) is 11.5 Å². The Hall–Kier alpha value is -2.28. The fourth-order valence-corrected chi connectivity index (χ4v) is 3.07. The summed E-state index contributed by atoms with van der Waals surface area (Å²) in [4.78, 5) is 26.8. The maximum absolute atomic E-state index is 12.9. The maximum Gasteiger partial charge on any atom is 0.254 e. The second kappa shape index (κ2) is 10.2. The van der Waals surface area contributed by atoms with Crippen LogP contribution < -0.4 is 20.5 Å². The van der Waals surface area contributed by atoms with Gasteiger partial charge < -0.3 is 25.4 Å². The molecule has 2 amide bonds. The van der Waals surface area contributed by atoms with Gasteiger partial charge in [0.25, 0.3) is 5.91 Å². The molecule has 1 aromatic rings. The zero-order chi connectivity index (χ0) is 19.8. The first-order valence-corrected chi connectivity index (χ1v) is 9.54. The van der Waals surface area contributed by atoms with Gasteiger partial charge in [0, 0.05) is 31.7 Å². The average Bonchev–Trinajstić information content (AvgIpc) is 2.69. The van der Waals surface area contributed by atoms with Crippen molar-refractivity contribution in [3.8, 4) is 11.5 Å². The van der Waals surface area contributed by atoms with Crippen LogP contribution in [0.5, 0.6) is 11.5 Å². The molecule has 0 saturated carbocycles. The van der Waals surface area contributed by atoms with Gasteiger partial charge in [-0.1, -0.05) is 13.8 Å². The molecule has 1 atom stereocenters. The van der Waals surface area contributed by atoms with Gasteiger partial charge in [-0.05, 0) is 37.0 Å². The summed E-state index contributed by atoms with van der Waals surface area (Å²) in [6, 6.07) is 5.22. The van der Waals surface area contributed by atoms with E-state index in [-0.39, 0.29) is 17.7 Å². The van der Waals surface area contributed by atoms with E-state index in [1.165, 1.54) is 0 Å². The molecule has 1 saturated heterocycles. The Kier molecular flexibility index (Phi) is 7.91. The lowest BCUT2D eigenvalue weighted by Gasteiger charge is -2.32. The molecular weight excluding hydrogens is 346 g/mol. The molecule has 0 aromatic heterocycles. The van der Waals surface area contributed by atoms with Crippen molar-refractivity contribution in [1.82, 2.24) is 10.2 Å². The number of carbonyl (C=O) groups is 2. The normalized spacial score (nSPS) is 16.9. The first-order valence-electron chi connectivity index (χ1n) is 9.54. The summed E-state index contributed by atoms with van der Waals surface area (Å²) in [5.74, 6) is 1.24. The van der Waals surface area contributed by atoms with Crippen molar-refractivity contribution >= 4 is 11.8 Å². The molecule has 0 bridgehead atoms. The standard InChI is InChI=1S/C20H31N3O4/c1-14(2)13-27-17-7-6-15(11-18(17)26-3)20(25)23-10-4-5-16(12-23)19(24)22-9-8-21/h6-7,11,14,16H,4-5,8-10,12-13,21H2,1-3H3,(H,22,24). The van der Waals surface area contributed by atoms with Crippen molar-refractivity contribution < 1.29 is 19.1 Å². The number of likely N-dealkylation sites (tertiary alicyclic amines) is 1. The fourth-order valence-electron chi connectivity index (χ4n) is 3.07. The first kappa shape index (κ1) is 21.0. The minimum atomic E-state index is -0.190. The Bertz CT molecular complexity index is 648. The molecule has 7 nitrogen and oxygen atoms in total. The first-order chi connectivity index (χ1) is 13.0. The number of rotatable bonds is 8. The molecule has 0 spiro atoms. The maximum atomic E-state index is 12.9. The van der Waals surface area contributed by atoms with Crippen LogP contribution in [-0.4, -0.2) is 56.6 Å². The number of carbonyl (C=O) groups excluding carboxylic acids is 2. The van der Waals surface area contributed by atoms with Gasteiger partial charge >= 0.3 is 0 Å². The number of nitrogens with two attached hydrogens (primary N) is 1. The monoisotopic (exact) mass is 377 g/mol. The molecule has 1 aliphatic heterocycles. The summed E-state index contributed by atoms with van der Waals surface area (Å²) in [6.45, 7) is 6.65. The minimum absolute atomic E-state index is 0.0343. The SMILES string of the molecule is COc1cc(C(=O)N2CCCC(C(=O)NCCN)C2)ccc1OCC(C)C. The third kappa shape index (κ3) is 5.85. The Morgan fingerprint density at radius 1 is 1.33 bits per heavy atom. The van der Waals surface area contributed by atoms with Crippen LogP contribution in [0.25, 0.3) is 0 Å². The van der Waals surface area contributed by atoms with Crippen LogP contribution >= 0.6 is 0 Å². The highest BCUT2D eigenvalue weighted by molar-refractivity contribution is 5.95. The Morgan fingerprint density at radius 2 is 2.11 bits per heavy atom. The topological polar surface area (TPSA) is 93.9 Å². The number of methoxy groups -OCH3 is 1. The number of nitrogens with one attached hydrogen (secondary N) is 1. The van der Waals surface area contributed by atoms with E-state index in [1.807, 2.05) is 0 Å². The number of benzene rings is 1. The molecule has 1 unspecified atom stereocenters. The Morgan fingerprint density at radius 3 is 2.78 bits per heavy atom. The molecule has 2 rings (SSSR count). The number of ether oxygens (including phenoxy) is 2. The lowest BCUT2D eigenvalue weighted by atomic mass is 9.96. The van der Waals surface area contributed by atoms with Crippen LogP contribution in [0.15, 0.2) is 18.2 Å². The van der Waals surface area contributed by atoms with Crippen LogP contribution in [-0.2, 0) is 4.79 Å². The summed E-state index contributed by atoms with van der Waals surface area (Å²) in [6.07, 6.45) is 1.59. The summed E-state index contributed by atoms with van der Waals surface area (Å²) in [5.41, 5.74) is 5.97. The van der Waals surface area contributed by atoms with Crippen molar-refractivity contribution in [2.24, 2.45) is 17.6 Å². The number of hydrogen-bond donors (Lipinski definition) is 2. The third-order valence-electron chi connectivity index (χ3n) is 4.51. The highest BCUT2D eigenvalue weighted by Crippen LogP contribution is 2.29. The molecule has 27 heavy (non-hydrogen) atoms. The summed E-state index contributed by atoms with van der Waals surface area (Å²) in [5, 5.41) is 2.81. The van der Waals surface area contributed by atoms with Gasteiger partial charge in [0.1, 0.15) is 0 Å². The molecule has 1 fully saturated rings. The zero-order valence-electron chi connectivity index (χ0n) is 16.5. The Labute approximate surface area is 161 Å². The molecule has 7 heteroatoms. The number of nitrogens with zero attached hydrogens (tertiary/aromatic N) is 1. The number of hydrogen-bond acceptors (Lipinski definition) is 5. The second-order valence-corrected chi connectivity index (χ2v) is 7.24. The van der Waals surface area contributed by atoms with E-state index in [2.05, 4.69) is 19.2 Å². The third-order valence-corrected chi connectivity index (χ3v) is 4.51. The van der Waals surface area contributed by atoms with E-state index in [4.69, 9.17) is 15.2 Å². The predicted octanol–water partition coefficient (Wildman–Crippen LogP) is 1.66. The van der Waals surface area contributed by atoms with Crippen molar-refractivity contribution in [3.63, 3.8) is 0 Å². The van der Waals surface area contributed by atoms with Gasteiger partial charge in [0.05, 0.1) is 19.6 Å². The van der Waals surface area contributed by atoms with E-state index in [0.717, 1.165) is 12.8 Å². The van der Waals surface area contributed by atoms with Crippen LogP contribution in [0.4, 0.5) is 0 Å². The highest BCUT2D eigenvalue weighted by atomic mass is 16.5. The quantitative estimate of drug-likeness (QED) is 0.719. The number of amides is 2. The average molecular weight is 377 g/mol. The largest absolute Gasteiger partial charge is 0.493 e. The van der Waals surface area contributed by atoms with Crippen molar-refractivity contribution in [2.75, 3.05) is 39.9 Å². The fraction of sp³-hybridized carbons (Fsp3) is 0.600. The van der Waals surface area contributed by atoms with Crippen molar-refractivity contribution in [2.45, 2.75) is 26.7 Å². The van der Waals surface area contributed by atoms with Crippen LogP contribution in [0.3, 0.4) is 0 Å². The molecule has 1 aromatic carbocycles. The van der Waals surface area contributed by atoms with Crippen LogP contribution in [0, 0.1) is 11.8 Å². The molecule has 150 valence electrons. The number of piperidine rings is 1. The van der Waals surface area contributed by atoms with Crippen LogP contribution in [0.2, 0.25) is 0 Å². The molecule has 0 aliphatic carbocycles. The second-order valence-electron chi connectivity index (χ2n) is 7.24. The lowest BCUT2D eigenvalue weighted by molar-refractivity contribution is -0.126. The van der Waals surface area contributed by atoms with Crippen molar-refractivity contribution in [1.29, 1.82) is 0 Å². The molecular formula is C20H31N3O4. The smallest absolute Gasteiger partial charge is 0.254 e. The summed E-state index contributed by atoms with van der Waals surface area (Å²) in [7, 11) is 1.56. The van der Waals surface area contributed by atoms with Gasteiger partial charge in [-0.3, -0.25) is 9.59 Å². The highest BCUT2D eigenvalue weighted by Gasteiger charge is 2.29. The van der Waals surface area contributed by atoms with Gasteiger partial charge in [0.2, 0.25) is 5.91 Å². The zero-order valence-corrected chi connectivity index (χ0v) is 16.5. The minimum Gasteiger partial charge on any atom is -0.493 e. The van der Waals surface area contributed by atoms with E-state index in [0.29, 0.717) is 55.8 Å². The predicted molar refractivity (Wildman–Crippen MR) is 104 cm³/mol. The molecule has 1 aliphatic rings. The van der Waals surface area contributed by atoms with E-state index in [9.17, 15) is 9.59 Å². The van der Waals surface area contributed by atoms with E-state index >= 15 is 0 Å². The summed E-state index contributed by atoms with van der Waals surface area (Å²) < 4.78 is 11.1. The molecule has 1 heterocycles.